The smallest absolute Gasteiger partial charge is 0.193 e. The minimum Gasteiger partial charge on any atom is -0.356 e. The number of aryl methyl sites for hydroxylation is 2. The summed E-state index contributed by atoms with van der Waals surface area (Å²) in [6.45, 7) is 5.77. The largest absolute Gasteiger partial charge is 0.356 e. The van der Waals surface area contributed by atoms with Crippen molar-refractivity contribution in [3.8, 4) is 0 Å². The lowest BCUT2D eigenvalue weighted by Crippen LogP contribution is -2.39. The fourth-order valence-electron chi connectivity index (χ4n) is 2.22. The van der Waals surface area contributed by atoms with Gasteiger partial charge in [-0.1, -0.05) is 11.6 Å². The molecule has 0 unspecified atom stereocenters. The molecule has 2 rings (SSSR count). The summed E-state index contributed by atoms with van der Waals surface area (Å²) in [5.41, 5.74) is 1.14. The van der Waals surface area contributed by atoms with Crippen LogP contribution in [0.4, 0.5) is 0 Å². The van der Waals surface area contributed by atoms with Gasteiger partial charge in [-0.25, -0.2) is 4.98 Å². The molecule has 8 heteroatoms. The molecule has 0 aliphatic carbocycles. The molecule has 1 N–H and O–H groups in total. The van der Waals surface area contributed by atoms with Gasteiger partial charge in [-0.05, 0) is 26.0 Å². The Morgan fingerprint density at radius 1 is 1.35 bits per heavy atom. The van der Waals surface area contributed by atoms with Crippen molar-refractivity contribution in [1.29, 1.82) is 0 Å². The van der Waals surface area contributed by atoms with Gasteiger partial charge >= 0.3 is 0 Å². The average molecular weight is 485 g/mol. The molecule has 0 saturated heterocycles. The third-order valence-electron chi connectivity index (χ3n) is 3.23. The molecule has 2 aromatic rings. The van der Waals surface area contributed by atoms with Crippen LogP contribution in [0.25, 0.3) is 0 Å². The van der Waals surface area contributed by atoms with Gasteiger partial charge in [0, 0.05) is 36.8 Å². The molecule has 4 nitrogen and oxygen atoms in total. The number of aliphatic imine (C=N–C) groups is 1. The van der Waals surface area contributed by atoms with Gasteiger partial charge in [-0.15, -0.1) is 46.7 Å². The van der Waals surface area contributed by atoms with Crippen LogP contribution in [0.2, 0.25) is 4.34 Å². The molecular formula is C15H22ClIN4S2. The van der Waals surface area contributed by atoms with Gasteiger partial charge in [0.1, 0.15) is 0 Å². The fourth-order valence-corrected chi connectivity index (χ4v) is 4.30. The van der Waals surface area contributed by atoms with Gasteiger partial charge in [0.2, 0.25) is 0 Å². The highest BCUT2D eigenvalue weighted by Gasteiger charge is 2.09. The summed E-state index contributed by atoms with van der Waals surface area (Å²) in [6.07, 6.45) is 0.967. The number of nitrogens with one attached hydrogen (secondary N) is 1. The zero-order valence-corrected chi connectivity index (χ0v) is 18.4. The predicted molar refractivity (Wildman–Crippen MR) is 113 cm³/mol. The lowest BCUT2D eigenvalue weighted by atomic mass is 10.3. The van der Waals surface area contributed by atoms with E-state index in [4.69, 9.17) is 11.6 Å². The van der Waals surface area contributed by atoms with Crippen LogP contribution in [0, 0.1) is 13.8 Å². The highest BCUT2D eigenvalue weighted by molar-refractivity contribution is 14.0. The van der Waals surface area contributed by atoms with Gasteiger partial charge in [0.15, 0.2) is 5.96 Å². The third kappa shape index (κ3) is 6.21. The van der Waals surface area contributed by atoms with Gasteiger partial charge < -0.3 is 10.2 Å². The molecule has 128 valence electrons. The lowest BCUT2D eigenvalue weighted by Gasteiger charge is -2.21. The normalized spacial score (nSPS) is 11.3. The maximum atomic E-state index is 5.97. The fraction of sp³-hybridized carbons (Fsp3) is 0.467. The van der Waals surface area contributed by atoms with Crippen LogP contribution >= 0.6 is 58.3 Å². The summed E-state index contributed by atoms with van der Waals surface area (Å²) in [6, 6.07) is 3.99. The molecule has 0 amide bonds. The highest BCUT2D eigenvalue weighted by Crippen LogP contribution is 2.22. The van der Waals surface area contributed by atoms with Crippen LogP contribution in [-0.2, 0) is 13.0 Å². The molecule has 0 aliphatic rings. The van der Waals surface area contributed by atoms with E-state index < -0.39 is 0 Å². The first kappa shape index (κ1) is 20.7. The molecule has 2 heterocycles. The monoisotopic (exact) mass is 484 g/mol. The SMILES string of the molecule is CN=C(NCCc1sc(C)nc1C)N(C)Cc1ccc(Cl)s1.I. The van der Waals surface area contributed by atoms with Gasteiger partial charge in [-0.2, -0.15) is 0 Å². The van der Waals surface area contributed by atoms with Gasteiger partial charge in [-0.3, -0.25) is 4.99 Å². The molecular weight excluding hydrogens is 463 g/mol. The number of halogens is 2. The second kappa shape index (κ2) is 9.80. The zero-order chi connectivity index (χ0) is 16.1. The Balaban J connectivity index is 0.00000264. The molecule has 0 aromatic carbocycles. The van der Waals surface area contributed by atoms with Crippen molar-refractivity contribution in [2.75, 3.05) is 20.6 Å². The Labute approximate surface area is 168 Å². The van der Waals surface area contributed by atoms with E-state index in [0.29, 0.717) is 0 Å². The van der Waals surface area contributed by atoms with E-state index in [1.807, 2.05) is 27.1 Å². The van der Waals surface area contributed by atoms with Crippen molar-refractivity contribution in [3.63, 3.8) is 0 Å². The number of hydrogen-bond acceptors (Lipinski definition) is 4. The summed E-state index contributed by atoms with van der Waals surface area (Å²) in [5.74, 6) is 0.892. The Morgan fingerprint density at radius 3 is 2.61 bits per heavy atom. The molecule has 23 heavy (non-hydrogen) atoms. The van der Waals surface area contributed by atoms with Crippen LogP contribution < -0.4 is 5.32 Å². The summed E-state index contributed by atoms with van der Waals surface area (Å²) in [7, 11) is 3.84. The summed E-state index contributed by atoms with van der Waals surface area (Å²) in [4.78, 5) is 13.5. The number of hydrogen-bond donors (Lipinski definition) is 1. The minimum atomic E-state index is 0. The van der Waals surface area contributed by atoms with Crippen molar-refractivity contribution in [2.24, 2.45) is 4.99 Å². The van der Waals surface area contributed by atoms with Crippen molar-refractivity contribution in [1.82, 2.24) is 15.2 Å². The number of guanidine groups is 1. The molecule has 0 atom stereocenters. The summed E-state index contributed by atoms with van der Waals surface area (Å²) >= 11 is 9.35. The standard InChI is InChI=1S/C15H21ClN4S2.HI/c1-10-13(21-11(2)19-10)7-8-18-15(17-3)20(4)9-12-5-6-14(16)22-12;/h5-6H,7-9H2,1-4H3,(H,17,18);1H. The topological polar surface area (TPSA) is 40.5 Å². The van der Waals surface area contributed by atoms with Crippen LogP contribution in [0.1, 0.15) is 20.5 Å². The van der Waals surface area contributed by atoms with Crippen molar-refractivity contribution in [2.45, 2.75) is 26.8 Å². The molecule has 0 fully saturated rings. The Morgan fingerprint density at radius 2 is 2.09 bits per heavy atom. The van der Waals surface area contributed by atoms with E-state index >= 15 is 0 Å². The first-order valence-electron chi connectivity index (χ1n) is 7.08. The molecule has 0 spiro atoms. The maximum absolute atomic E-state index is 5.97. The number of thiazole rings is 1. The van der Waals surface area contributed by atoms with Crippen molar-refractivity contribution < 1.29 is 0 Å². The van der Waals surface area contributed by atoms with Gasteiger partial charge in [0.25, 0.3) is 0 Å². The van der Waals surface area contributed by atoms with E-state index in [2.05, 4.69) is 33.2 Å². The van der Waals surface area contributed by atoms with E-state index in [9.17, 15) is 0 Å². The highest BCUT2D eigenvalue weighted by atomic mass is 127. The minimum absolute atomic E-state index is 0. The van der Waals surface area contributed by atoms with Crippen LogP contribution in [0.15, 0.2) is 17.1 Å². The Hall–Kier alpha value is -0.380. The van der Waals surface area contributed by atoms with E-state index in [1.54, 1.807) is 22.7 Å². The number of thiophene rings is 1. The van der Waals surface area contributed by atoms with Gasteiger partial charge in [0.05, 0.1) is 21.6 Å². The first-order valence-corrected chi connectivity index (χ1v) is 9.09. The predicted octanol–water partition coefficient (Wildman–Crippen LogP) is 4.34. The molecule has 0 radical (unpaired) electrons. The van der Waals surface area contributed by atoms with E-state index in [1.165, 1.54) is 9.75 Å². The quantitative estimate of drug-likeness (QED) is 0.390. The van der Waals surface area contributed by atoms with Crippen LogP contribution in [-0.4, -0.2) is 36.5 Å². The Bertz CT molecular complexity index is 654. The Kier molecular flexibility index (Phi) is 8.81. The first-order chi connectivity index (χ1) is 10.5. The number of nitrogens with zero attached hydrogens (tertiary/aromatic N) is 3. The van der Waals surface area contributed by atoms with E-state index in [-0.39, 0.29) is 24.0 Å². The summed E-state index contributed by atoms with van der Waals surface area (Å²) < 4.78 is 0.822. The third-order valence-corrected chi connectivity index (χ3v) is 5.58. The second-order valence-electron chi connectivity index (χ2n) is 5.03. The number of aromatic nitrogens is 1. The molecule has 0 aliphatic heterocycles. The molecule has 0 bridgehead atoms. The van der Waals surface area contributed by atoms with Crippen molar-refractivity contribution >= 4 is 64.2 Å². The average Bonchev–Trinajstić information content (AvgIpc) is 3.00. The van der Waals surface area contributed by atoms with Crippen LogP contribution in [0.5, 0.6) is 0 Å². The maximum Gasteiger partial charge on any atom is 0.193 e. The number of rotatable bonds is 5. The zero-order valence-electron chi connectivity index (χ0n) is 13.7. The second-order valence-corrected chi connectivity index (χ2v) is 8.11. The molecule has 2 aromatic heterocycles. The van der Waals surface area contributed by atoms with Crippen molar-refractivity contribution in [3.05, 3.63) is 36.9 Å². The lowest BCUT2D eigenvalue weighted by molar-refractivity contribution is 0.482. The van der Waals surface area contributed by atoms with Crippen LogP contribution in [0.3, 0.4) is 0 Å². The van der Waals surface area contributed by atoms with E-state index in [0.717, 1.165) is 40.5 Å². The molecule has 0 saturated carbocycles. The summed E-state index contributed by atoms with van der Waals surface area (Å²) in [5, 5.41) is 4.54.